The highest BCUT2D eigenvalue weighted by atomic mass is 35.5. The molecule has 1 aliphatic heterocycles. The molecule has 0 saturated carbocycles. The molecule has 1 atom stereocenters. The van der Waals surface area contributed by atoms with Gasteiger partial charge in [0, 0.05) is 45.5 Å². The first-order chi connectivity index (χ1) is 18.8. The summed E-state index contributed by atoms with van der Waals surface area (Å²) in [7, 11) is 0. The number of hydrazine groups is 2. The van der Waals surface area contributed by atoms with Crippen LogP contribution in [0.5, 0.6) is 0 Å². The second-order valence-corrected chi connectivity index (χ2v) is 10.8. The van der Waals surface area contributed by atoms with Crippen molar-refractivity contribution < 1.29 is 4.39 Å². The topological polar surface area (TPSA) is 112 Å². The zero-order chi connectivity index (χ0) is 27.7. The smallest absolute Gasteiger partial charge is 0.141 e. The third-order valence-corrected chi connectivity index (χ3v) is 7.63. The van der Waals surface area contributed by atoms with Crippen LogP contribution in [-0.4, -0.2) is 16.0 Å². The average molecular weight is 579 g/mol. The molecule has 5 rings (SSSR count). The van der Waals surface area contributed by atoms with Crippen LogP contribution < -0.4 is 21.6 Å². The molecule has 8 nitrogen and oxygen atoms in total. The number of fused-ring (bicyclic) bond motifs is 1. The van der Waals surface area contributed by atoms with Crippen molar-refractivity contribution in [2.24, 2.45) is 0 Å². The van der Waals surface area contributed by atoms with Gasteiger partial charge in [0.1, 0.15) is 24.0 Å². The van der Waals surface area contributed by atoms with Crippen LogP contribution in [0.1, 0.15) is 35.9 Å². The van der Waals surface area contributed by atoms with Crippen LogP contribution in [0.25, 0.3) is 10.9 Å². The van der Waals surface area contributed by atoms with E-state index in [9.17, 15) is 14.9 Å². The van der Waals surface area contributed by atoms with E-state index in [-0.39, 0.29) is 22.7 Å². The number of hydrogen-bond acceptors (Lipinski definition) is 9. The maximum absolute atomic E-state index is 13.7. The zero-order valence-corrected chi connectivity index (χ0v) is 23.0. The van der Waals surface area contributed by atoms with Gasteiger partial charge in [-0.15, -0.1) is 16.9 Å². The second kappa shape index (κ2) is 11.0. The molecule has 3 heterocycles. The predicted octanol–water partition coefficient (Wildman–Crippen LogP) is 6.96. The van der Waals surface area contributed by atoms with Crippen LogP contribution in [0.15, 0.2) is 59.9 Å². The molecule has 0 bridgehead atoms. The Morgan fingerprint density at radius 3 is 2.54 bits per heavy atom. The molecule has 0 amide bonds. The summed E-state index contributed by atoms with van der Waals surface area (Å²) in [5.41, 5.74) is 10.1. The summed E-state index contributed by atoms with van der Waals surface area (Å²) in [5, 5.41) is 30.6. The van der Waals surface area contributed by atoms with E-state index in [4.69, 9.17) is 23.2 Å². The molecule has 4 N–H and O–H groups in total. The Kier molecular flexibility index (Phi) is 7.47. The van der Waals surface area contributed by atoms with Gasteiger partial charge in [-0.3, -0.25) is 9.99 Å². The van der Waals surface area contributed by atoms with Crippen molar-refractivity contribution in [3.63, 3.8) is 0 Å². The fourth-order valence-electron chi connectivity index (χ4n) is 4.08. The maximum atomic E-state index is 13.7. The van der Waals surface area contributed by atoms with Gasteiger partial charge in [0.15, 0.2) is 0 Å². The summed E-state index contributed by atoms with van der Waals surface area (Å²) >= 11 is 14.1. The van der Waals surface area contributed by atoms with Gasteiger partial charge in [-0.05, 0) is 50.2 Å². The van der Waals surface area contributed by atoms with Crippen LogP contribution in [0.3, 0.4) is 0 Å². The van der Waals surface area contributed by atoms with E-state index in [2.05, 4.69) is 52.6 Å². The predicted molar refractivity (Wildman–Crippen MR) is 153 cm³/mol. The van der Waals surface area contributed by atoms with Crippen LogP contribution in [0.4, 0.5) is 21.5 Å². The van der Waals surface area contributed by atoms with E-state index in [0.29, 0.717) is 38.6 Å². The lowest BCUT2D eigenvalue weighted by Gasteiger charge is -2.21. The molecule has 39 heavy (non-hydrogen) atoms. The minimum absolute atomic E-state index is 0.0471. The normalized spacial score (nSPS) is 13.5. The molecule has 0 fully saturated rings. The zero-order valence-electron chi connectivity index (χ0n) is 20.7. The number of thiophene rings is 1. The van der Waals surface area contributed by atoms with Crippen molar-refractivity contribution >= 4 is 62.5 Å². The van der Waals surface area contributed by atoms with E-state index in [1.165, 1.54) is 35.7 Å². The molecule has 0 radical (unpaired) electrons. The minimum atomic E-state index is -0.545. The maximum Gasteiger partial charge on any atom is 0.141 e. The molecule has 2 aromatic heterocycles. The van der Waals surface area contributed by atoms with E-state index in [1.807, 2.05) is 23.3 Å². The Hall–Kier alpha value is -4.06. The Bertz CT molecular complexity index is 1690. The Labute approximate surface area is 238 Å². The number of nitrogens with zero attached hydrogens (tertiary/aromatic N) is 4. The molecular formula is C27H21Cl2FN8S. The first-order valence-electron chi connectivity index (χ1n) is 11.8. The van der Waals surface area contributed by atoms with Gasteiger partial charge in [-0.25, -0.2) is 4.39 Å². The SMILES string of the molecule is CC(C)N1C=C([C@@H](Nc2cc(Cl)c3ncc(C#N)c(Nc4ccc(F)c(Cl)c4)c3c2)c2cc(C#N)cs2)NN1. The summed E-state index contributed by atoms with van der Waals surface area (Å²) in [6.45, 7) is 4.11. The van der Waals surface area contributed by atoms with Gasteiger partial charge in [-0.1, -0.05) is 23.2 Å². The number of nitrogens with one attached hydrogen (secondary N) is 4. The molecule has 0 spiro atoms. The van der Waals surface area contributed by atoms with Crippen LogP contribution in [0.2, 0.25) is 10.0 Å². The highest BCUT2D eigenvalue weighted by Crippen LogP contribution is 2.38. The average Bonchev–Trinajstić information content (AvgIpc) is 3.60. The summed E-state index contributed by atoms with van der Waals surface area (Å²) in [4.78, 5) is 5.32. The lowest BCUT2D eigenvalue weighted by Crippen LogP contribution is -2.41. The Morgan fingerprint density at radius 2 is 1.87 bits per heavy atom. The van der Waals surface area contributed by atoms with Crippen LogP contribution in [0, 0.1) is 28.5 Å². The number of aromatic nitrogens is 1. The number of nitriles is 2. The molecule has 2 aromatic carbocycles. The first-order valence-corrected chi connectivity index (χ1v) is 13.4. The van der Waals surface area contributed by atoms with Gasteiger partial charge >= 0.3 is 0 Å². The van der Waals surface area contributed by atoms with Crippen LogP contribution >= 0.6 is 34.5 Å². The van der Waals surface area contributed by atoms with Crippen molar-refractivity contribution in [3.05, 3.63) is 91.7 Å². The Morgan fingerprint density at radius 1 is 1.08 bits per heavy atom. The lowest BCUT2D eigenvalue weighted by atomic mass is 10.1. The molecule has 1 aliphatic rings. The summed E-state index contributed by atoms with van der Waals surface area (Å²) in [6.07, 6.45) is 3.41. The minimum Gasteiger partial charge on any atom is -0.372 e. The van der Waals surface area contributed by atoms with Gasteiger partial charge in [-0.2, -0.15) is 10.5 Å². The van der Waals surface area contributed by atoms with E-state index >= 15 is 0 Å². The van der Waals surface area contributed by atoms with Crippen molar-refractivity contribution in [3.8, 4) is 12.1 Å². The molecule has 196 valence electrons. The number of halogens is 3. The number of rotatable bonds is 7. The fraction of sp³-hybridized carbons (Fsp3) is 0.148. The van der Waals surface area contributed by atoms with E-state index in [0.717, 1.165) is 10.6 Å². The molecule has 0 aliphatic carbocycles. The van der Waals surface area contributed by atoms with Crippen molar-refractivity contribution in [2.45, 2.75) is 25.9 Å². The second-order valence-electron chi connectivity index (χ2n) is 9.02. The molecule has 0 saturated heterocycles. The van der Waals surface area contributed by atoms with Gasteiger partial charge in [0.05, 0.1) is 38.1 Å². The number of anilines is 3. The van der Waals surface area contributed by atoms with E-state index in [1.54, 1.807) is 11.4 Å². The van der Waals surface area contributed by atoms with Crippen molar-refractivity contribution in [1.82, 2.24) is 21.0 Å². The largest absolute Gasteiger partial charge is 0.372 e. The molecular weight excluding hydrogens is 558 g/mol. The third-order valence-electron chi connectivity index (χ3n) is 6.05. The summed E-state index contributed by atoms with van der Waals surface area (Å²) < 4.78 is 13.7. The number of benzene rings is 2. The molecule has 0 unspecified atom stereocenters. The monoisotopic (exact) mass is 578 g/mol. The fourth-order valence-corrected chi connectivity index (χ4v) is 5.43. The Balaban J connectivity index is 1.59. The first kappa shape index (κ1) is 26.5. The molecule has 4 aromatic rings. The van der Waals surface area contributed by atoms with Crippen LogP contribution in [-0.2, 0) is 0 Å². The molecule has 12 heteroatoms. The highest BCUT2D eigenvalue weighted by Gasteiger charge is 2.25. The highest BCUT2D eigenvalue weighted by molar-refractivity contribution is 7.10. The third kappa shape index (κ3) is 5.42. The van der Waals surface area contributed by atoms with Crippen molar-refractivity contribution in [1.29, 1.82) is 10.5 Å². The summed E-state index contributed by atoms with van der Waals surface area (Å²) in [6, 6.07) is 13.9. The van der Waals surface area contributed by atoms with E-state index < -0.39 is 5.82 Å². The van der Waals surface area contributed by atoms with Gasteiger partial charge < -0.3 is 16.1 Å². The quantitative estimate of drug-likeness (QED) is 0.186. The van der Waals surface area contributed by atoms with Gasteiger partial charge in [0.25, 0.3) is 0 Å². The number of hydrogen-bond donors (Lipinski definition) is 4. The lowest BCUT2D eigenvalue weighted by molar-refractivity contribution is 0.221. The summed E-state index contributed by atoms with van der Waals surface area (Å²) in [5.74, 6) is -0.545. The number of pyridine rings is 1. The van der Waals surface area contributed by atoms with Crippen molar-refractivity contribution in [2.75, 3.05) is 10.6 Å². The van der Waals surface area contributed by atoms with Gasteiger partial charge in [0.2, 0.25) is 0 Å². The standard InChI is InChI=1S/C27H21Cl2FN8S/c1-14(2)38-12-23(36-37-38)27(24-5-15(9-31)13-39-24)35-18-6-19-25(34-17-3-4-22(30)20(28)7-17)16(10-32)11-33-26(19)21(29)8-18/h3-8,11-14,27,35-37H,1-2H3,(H,33,34)/t27-/m1/s1.